The van der Waals surface area contributed by atoms with E-state index in [0.29, 0.717) is 5.88 Å². The molecule has 0 spiro atoms. The van der Waals surface area contributed by atoms with E-state index < -0.39 is 0 Å². The molecule has 1 aliphatic heterocycles. The summed E-state index contributed by atoms with van der Waals surface area (Å²) in [4.78, 5) is 8.73. The number of nitrogens with zero attached hydrogens (tertiary/aromatic N) is 2. The predicted molar refractivity (Wildman–Crippen MR) is 64.7 cm³/mol. The van der Waals surface area contributed by atoms with Crippen LogP contribution in [0.25, 0.3) is 11.0 Å². The summed E-state index contributed by atoms with van der Waals surface area (Å²) in [5.41, 5.74) is 2.43. The zero-order valence-electron chi connectivity index (χ0n) is 9.73. The first-order valence-electron chi connectivity index (χ1n) is 5.52. The second kappa shape index (κ2) is 3.76. The molecule has 0 saturated carbocycles. The second-order valence-corrected chi connectivity index (χ2v) is 4.03. The third-order valence-electron chi connectivity index (χ3n) is 2.75. The molecule has 2 aromatic heterocycles. The first kappa shape index (κ1) is 10.1. The molecule has 0 bridgehead atoms. The van der Waals surface area contributed by atoms with Gasteiger partial charge >= 0.3 is 0 Å². The van der Waals surface area contributed by atoms with Crippen LogP contribution in [0.4, 0.5) is 5.69 Å². The molecule has 1 N–H and O–H groups in total. The van der Waals surface area contributed by atoms with Gasteiger partial charge < -0.3 is 14.8 Å². The number of hydrogen-bond donors (Lipinski definition) is 1. The highest BCUT2D eigenvalue weighted by Gasteiger charge is 2.19. The Hall–Kier alpha value is -2.04. The van der Waals surface area contributed by atoms with Gasteiger partial charge in [0.2, 0.25) is 5.88 Å². The average Bonchev–Trinajstić information content (AvgIpc) is 2.38. The van der Waals surface area contributed by atoms with E-state index >= 15 is 0 Å². The number of fused-ring (bicyclic) bond motifs is 3. The molecule has 0 aliphatic carbocycles. The monoisotopic (exact) mass is 231 g/mol. The number of hydrogen-bond acceptors (Lipinski definition) is 5. The number of nitrogens with one attached hydrogen (secondary N) is 1. The molecule has 0 radical (unpaired) electrons. The Morgan fingerprint density at radius 2 is 2.35 bits per heavy atom. The summed E-state index contributed by atoms with van der Waals surface area (Å²) in [6, 6.07) is 3.67. The second-order valence-electron chi connectivity index (χ2n) is 4.03. The van der Waals surface area contributed by atoms with E-state index in [1.807, 2.05) is 13.0 Å². The quantitative estimate of drug-likeness (QED) is 0.811. The van der Waals surface area contributed by atoms with Crippen molar-refractivity contribution in [1.82, 2.24) is 9.97 Å². The molecule has 5 nitrogen and oxygen atoms in total. The van der Waals surface area contributed by atoms with Crippen LogP contribution in [0.3, 0.4) is 0 Å². The van der Waals surface area contributed by atoms with E-state index in [9.17, 15) is 0 Å². The molecule has 3 rings (SSSR count). The maximum Gasteiger partial charge on any atom is 0.213 e. The van der Waals surface area contributed by atoms with Gasteiger partial charge in [-0.1, -0.05) is 0 Å². The molecule has 1 atom stereocenters. The van der Waals surface area contributed by atoms with E-state index in [0.717, 1.165) is 29.0 Å². The maximum atomic E-state index is 5.82. The van der Waals surface area contributed by atoms with E-state index in [1.54, 1.807) is 19.4 Å². The lowest BCUT2D eigenvalue weighted by atomic mass is 10.2. The molecular formula is C12H13N3O2. The molecule has 2 aromatic rings. The van der Waals surface area contributed by atoms with Crippen molar-refractivity contribution in [2.45, 2.75) is 13.0 Å². The Morgan fingerprint density at radius 1 is 1.47 bits per heavy atom. The van der Waals surface area contributed by atoms with Crippen LogP contribution >= 0.6 is 0 Å². The number of rotatable bonds is 1. The van der Waals surface area contributed by atoms with E-state index in [4.69, 9.17) is 9.47 Å². The van der Waals surface area contributed by atoms with Crippen LogP contribution in [-0.2, 0) is 0 Å². The SMILES string of the molecule is COc1ccc2ncc3c(c2n1)OC(C)CN3. The number of anilines is 1. The van der Waals surface area contributed by atoms with Crippen molar-refractivity contribution in [3.63, 3.8) is 0 Å². The Labute approximate surface area is 98.8 Å². The van der Waals surface area contributed by atoms with Crippen molar-refractivity contribution >= 4 is 16.7 Å². The van der Waals surface area contributed by atoms with Crippen LogP contribution in [0.1, 0.15) is 6.92 Å². The third-order valence-corrected chi connectivity index (χ3v) is 2.75. The van der Waals surface area contributed by atoms with Gasteiger partial charge in [-0.2, -0.15) is 0 Å². The van der Waals surface area contributed by atoms with Crippen molar-refractivity contribution in [3.05, 3.63) is 18.3 Å². The Balaban J connectivity index is 2.24. The van der Waals surface area contributed by atoms with Crippen molar-refractivity contribution in [3.8, 4) is 11.6 Å². The average molecular weight is 231 g/mol. The number of aromatic nitrogens is 2. The molecule has 0 saturated heterocycles. The lowest BCUT2D eigenvalue weighted by molar-refractivity contribution is 0.228. The molecule has 1 aliphatic rings. The summed E-state index contributed by atoms with van der Waals surface area (Å²) in [6.07, 6.45) is 1.90. The Bertz CT molecular complexity index is 566. The minimum absolute atomic E-state index is 0.126. The minimum atomic E-state index is 0.126. The fraction of sp³-hybridized carbons (Fsp3) is 0.333. The Morgan fingerprint density at radius 3 is 3.18 bits per heavy atom. The largest absolute Gasteiger partial charge is 0.484 e. The summed E-state index contributed by atoms with van der Waals surface area (Å²) in [5.74, 6) is 1.32. The standard InChI is InChI=1S/C12H13N3O2/c1-7-5-13-9-6-14-8-3-4-10(16-2)15-11(8)12(9)17-7/h3-4,6-7,13H,5H2,1-2H3. The van der Waals surface area contributed by atoms with Gasteiger partial charge in [0.05, 0.1) is 31.1 Å². The minimum Gasteiger partial charge on any atom is -0.484 e. The van der Waals surface area contributed by atoms with Gasteiger partial charge in [-0.3, -0.25) is 4.98 Å². The van der Waals surface area contributed by atoms with Crippen molar-refractivity contribution in [2.75, 3.05) is 19.0 Å². The number of pyridine rings is 2. The van der Waals surface area contributed by atoms with Gasteiger partial charge in [-0.25, -0.2) is 4.98 Å². The predicted octanol–water partition coefficient (Wildman–Crippen LogP) is 1.83. The van der Waals surface area contributed by atoms with Crippen LogP contribution in [-0.4, -0.2) is 29.7 Å². The van der Waals surface area contributed by atoms with Gasteiger partial charge in [0.1, 0.15) is 11.6 Å². The highest BCUT2D eigenvalue weighted by Crippen LogP contribution is 2.35. The molecule has 0 amide bonds. The lowest BCUT2D eigenvalue weighted by Crippen LogP contribution is -2.28. The van der Waals surface area contributed by atoms with Crippen LogP contribution in [0, 0.1) is 0 Å². The number of methoxy groups -OCH3 is 1. The van der Waals surface area contributed by atoms with Gasteiger partial charge in [0, 0.05) is 6.07 Å². The molecule has 5 heteroatoms. The van der Waals surface area contributed by atoms with Gasteiger partial charge in [-0.05, 0) is 13.0 Å². The molecular weight excluding hydrogens is 218 g/mol. The lowest BCUT2D eigenvalue weighted by Gasteiger charge is -2.25. The van der Waals surface area contributed by atoms with Crippen LogP contribution < -0.4 is 14.8 Å². The highest BCUT2D eigenvalue weighted by molar-refractivity contribution is 5.87. The summed E-state index contributed by atoms with van der Waals surface area (Å²) in [7, 11) is 1.60. The van der Waals surface area contributed by atoms with Crippen molar-refractivity contribution in [2.24, 2.45) is 0 Å². The molecule has 1 unspecified atom stereocenters. The van der Waals surface area contributed by atoms with E-state index in [2.05, 4.69) is 15.3 Å². The van der Waals surface area contributed by atoms with E-state index in [1.165, 1.54) is 0 Å². The zero-order chi connectivity index (χ0) is 11.8. The maximum absolute atomic E-state index is 5.82. The first-order chi connectivity index (χ1) is 8.28. The Kier molecular flexibility index (Phi) is 2.24. The zero-order valence-corrected chi connectivity index (χ0v) is 9.73. The topological polar surface area (TPSA) is 56.3 Å². The van der Waals surface area contributed by atoms with E-state index in [-0.39, 0.29) is 6.10 Å². The molecule has 0 fully saturated rings. The fourth-order valence-corrected chi connectivity index (χ4v) is 1.88. The fourth-order valence-electron chi connectivity index (χ4n) is 1.88. The normalized spacial score (nSPS) is 18.1. The van der Waals surface area contributed by atoms with Crippen LogP contribution in [0.5, 0.6) is 11.6 Å². The molecule has 0 aromatic carbocycles. The molecule has 88 valence electrons. The summed E-state index contributed by atoms with van der Waals surface area (Å²) in [5, 5.41) is 3.27. The summed E-state index contributed by atoms with van der Waals surface area (Å²) in [6.45, 7) is 2.80. The summed E-state index contributed by atoms with van der Waals surface area (Å²) >= 11 is 0. The molecule has 3 heterocycles. The van der Waals surface area contributed by atoms with Gasteiger partial charge in [0.25, 0.3) is 0 Å². The van der Waals surface area contributed by atoms with Crippen molar-refractivity contribution < 1.29 is 9.47 Å². The van der Waals surface area contributed by atoms with Crippen LogP contribution in [0.15, 0.2) is 18.3 Å². The number of ether oxygens (including phenoxy) is 2. The highest BCUT2D eigenvalue weighted by atomic mass is 16.5. The van der Waals surface area contributed by atoms with Crippen molar-refractivity contribution in [1.29, 1.82) is 0 Å². The van der Waals surface area contributed by atoms with Gasteiger partial charge in [-0.15, -0.1) is 0 Å². The molecule has 17 heavy (non-hydrogen) atoms. The summed E-state index contributed by atoms with van der Waals surface area (Å²) < 4.78 is 10.9. The van der Waals surface area contributed by atoms with Crippen LogP contribution in [0.2, 0.25) is 0 Å². The smallest absolute Gasteiger partial charge is 0.213 e. The van der Waals surface area contributed by atoms with Gasteiger partial charge in [0.15, 0.2) is 5.75 Å². The first-order valence-corrected chi connectivity index (χ1v) is 5.52. The third kappa shape index (κ3) is 1.63.